The first kappa shape index (κ1) is 42.9. The van der Waals surface area contributed by atoms with Crippen LogP contribution in [0.25, 0.3) is 6.08 Å². The fourth-order valence-electron chi connectivity index (χ4n) is 12.0. The normalized spacial score (nSPS) is 36.8. The summed E-state index contributed by atoms with van der Waals surface area (Å²) in [5, 5.41) is 11.2. The third-order valence-corrected chi connectivity index (χ3v) is 15.3. The molecule has 0 spiro atoms. The molecule has 4 unspecified atom stereocenters. The first-order valence-corrected chi connectivity index (χ1v) is 22.1. The highest BCUT2D eigenvalue weighted by molar-refractivity contribution is 14.1. The van der Waals surface area contributed by atoms with Crippen LogP contribution >= 0.6 is 38.5 Å². The molecule has 9 atom stereocenters. The third kappa shape index (κ3) is 8.68. The minimum atomic E-state index is -0.914. The van der Waals surface area contributed by atoms with Crippen molar-refractivity contribution in [2.24, 2.45) is 40.4 Å². The number of benzene rings is 1. The highest BCUT2D eigenvalue weighted by atomic mass is 127. The summed E-state index contributed by atoms with van der Waals surface area (Å²) in [7, 11) is 0. The standard InChI is InChI=1S/C22H30O.C15H28O.C9H8BrI.CH4/c1-4-21-14-15(3)20-17-9-7-6-8-16(17)10-11-18(20)19(21)12-13-22(21,23)5-2;1-5-15-11-7-6-8-12(15)9-10-13(15)16-14(2,3)4;1-7-2-3-9(10)8(6-7)4-5-11;/h2,8,17-20,23H,3-4,6-7,9-14H2,1H3;12-13H,5-11H2,1-4H3;2-6H,1H3;1H4/b;;5-4-;/t17?,18?,19?,20?,21-,22-;12-,13+,15+;;/m01../s1. The van der Waals surface area contributed by atoms with Gasteiger partial charge in [0.1, 0.15) is 5.60 Å². The van der Waals surface area contributed by atoms with Gasteiger partial charge in [0.05, 0.1) is 11.7 Å². The molecule has 5 saturated carbocycles. The second-order valence-electron chi connectivity index (χ2n) is 17.7. The van der Waals surface area contributed by atoms with E-state index in [0.717, 1.165) is 42.0 Å². The smallest absolute Gasteiger partial charge is 0.131 e. The van der Waals surface area contributed by atoms with Gasteiger partial charge in [0.25, 0.3) is 0 Å². The van der Waals surface area contributed by atoms with Crippen molar-refractivity contribution in [3.63, 3.8) is 0 Å². The molecular formula is C47H70BrIO2. The van der Waals surface area contributed by atoms with Crippen LogP contribution in [-0.2, 0) is 4.74 Å². The zero-order valence-electron chi connectivity index (χ0n) is 32.1. The predicted octanol–water partition coefficient (Wildman–Crippen LogP) is 14.2. The summed E-state index contributed by atoms with van der Waals surface area (Å²) in [5.41, 5.74) is 5.16. The lowest BCUT2D eigenvalue weighted by Gasteiger charge is -2.56. The van der Waals surface area contributed by atoms with E-state index in [1.54, 1.807) is 5.57 Å². The van der Waals surface area contributed by atoms with Gasteiger partial charge in [-0.15, -0.1) is 6.42 Å². The highest BCUT2D eigenvalue weighted by Crippen LogP contribution is 2.67. The van der Waals surface area contributed by atoms with Crippen molar-refractivity contribution in [2.75, 3.05) is 0 Å². The molecule has 2 nitrogen and oxygen atoms in total. The number of ether oxygens (including phenoxy) is 1. The van der Waals surface area contributed by atoms with E-state index in [-0.39, 0.29) is 18.4 Å². The van der Waals surface area contributed by atoms with Crippen LogP contribution in [0.5, 0.6) is 0 Å². The highest BCUT2D eigenvalue weighted by Gasteiger charge is 2.64. The zero-order chi connectivity index (χ0) is 36.3. The maximum Gasteiger partial charge on any atom is 0.131 e. The molecule has 6 aliphatic rings. The second kappa shape index (κ2) is 17.7. The zero-order valence-corrected chi connectivity index (χ0v) is 35.9. The van der Waals surface area contributed by atoms with Crippen molar-refractivity contribution in [1.82, 2.24) is 0 Å². The number of allylic oxidation sites excluding steroid dienone is 3. The number of hydrogen-bond acceptors (Lipinski definition) is 2. The quantitative estimate of drug-likeness (QED) is 0.186. The maximum atomic E-state index is 11.2. The number of halogens is 2. The van der Waals surface area contributed by atoms with E-state index in [1.165, 1.54) is 93.7 Å². The molecule has 1 N–H and O–H groups in total. The second-order valence-corrected chi connectivity index (χ2v) is 19.3. The molecule has 7 rings (SSSR count). The molecule has 0 aromatic heterocycles. The summed E-state index contributed by atoms with van der Waals surface area (Å²) >= 11 is 5.69. The van der Waals surface area contributed by atoms with E-state index in [2.05, 4.69) is 123 Å². The Balaban J connectivity index is 0.000000182. The molecule has 0 heterocycles. The molecule has 0 radical (unpaired) electrons. The van der Waals surface area contributed by atoms with E-state index in [0.29, 0.717) is 29.3 Å². The average Bonchev–Trinajstić information content (AvgIpc) is 3.61. The Kier molecular flexibility index (Phi) is 14.9. The third-order valence-electron chi connectivity index (χ3n) is 14.2. The molecule has 1 aromatic rings. The fraction of sp³-hybridized carbons (Fsp3) is 0.702. The molecule has 0 saturated heterocycles. The minimum Gasteiger partial charge on any atom is -0.377 e. The molecule has 284 valence electrons. The number of rotatable bonds is 4. The predicted molar refractivity (Wildman–Crippen MR) is 232 cm³/mol. The van der Waals surface area contributed by atoms with Crippen LogP contribution in [0.15, 0.2) is 50.6 Å². The number of hydrogen-bond donors (Lipinski definition) is 1. The van der Waals surface area contributed by atoms with Crippen LogP contribution in [0.3, 0.4) is 0 Å². The summed E-state index contributed by atoms with van der Waals surface area (Å²) in [6.07, 6.45) is 31.0. The molecule has 0 aliphatic heterocycles. The van der Waals surface area contributed by atoms with Gasteiger partial charge in [-0.3, -0.25) is 0 Å². The molecule has 6 aliphatic carbocycles. The summed E-state index contributed by atoms with van der Waals surface area (Å²) < 4.78 is 9.52. The summed E-state index contributed by atoms with van der Waals surface area (Å²) in [5.74, 6) is 6.44. The Labute approximate surface area is 335 Å². The van der Waals surface area contributed by atoms with Gasteiger partial charge >= 0.3 is 0 Å². The maximum absolute atomic E-state index is 11.2. The van der Waals surface area contributed by atoms with E-state index in [9.17, 15) is 5.11 Å². The van der Waals surface area contributed by atoms with E-state index in [4.69, 9.17) is 11.2 Å². The molecule has 0 amide bonds. The van der Waals surface area contributed by atoms with E-state index in [1.807, 2.05) is 4.08 Å². The van der Waals surface area contributed by atoms with Crippen molar-refractivity contribution in [3.05, 3.63) is 61.7 Å². The van der Waals surface area contributed by atoms with Crippen LogP contribution in [0.2, 0.25) is 0 Å². The fourth-order valence-corrected chi connectivity index (χ4v) is 12.8. The number of aryl methyl sites for hydroxylation is 1. The molecular weight excluding hydrogens is 803 g/mol. The van der Waals surface area contributed by atoms with Crippen molar-refractivity contribution in [1.29, 1.82) is 0 Å². The lowest BCUT2D eigenvalue weighted by Crippen LogP contribution is -2.54. The molecule has 4 heteroatoms. The largest absolute Gasteiger partial charge is 0.377 e. The van der Waals surface area contributed by atoms with Gasteiger partial charge in [-0.2, -0.15) is 0 Å². The Hall–Kier alpha value is -0.870. The number of fused-ring (bicyclic) bond motifs is 6. The van der Waals surface area contributed by atoms with E-state index < -0.39 is 5.60 Å². The van der Waals surface area contributed by atoms with Crippen molar-refractivity contribution in [3.8, 4) is 12.3 Å². The first-order valence-electron chi connectivity index (χ1n) is 20.1. The van der Waals surface area contributed by atoms with E-state index >= 15 is 0 Å². The van der Waals surface area contributed by atoms with Gasteiger partial charge in [0.15, 0.2) is 0 Å². The van der Waals surface area contributed by atoms with Gasteiger partial charge < -0.3 is 9.84 Å². The lowest BCUT2D eigenvalue weighted by molar-refractivity contribution is -0.123. The Morgan fingerprint density at radius 3 is 2.49 bits per heavy atom. The van der Waals surface area contributed by atoms with Crippen LogP contribution < -0.4 is 0 Å². The van der Waals surface area contributed by atoms with Crippen molar-refractivity contribution >= 4 is 44.6 Å². The summed E-state index contributed by atoms with van der Waals surface area (Å²) in [6.45, 7) is 17.8. The Morgan fingerprint density at radius 2 is 1.82 bits per heavy atom. The lowest BCUT2D eigenvalue weighted by atomic mass is 9.48. The summed E-state index contributed by atoms with van der Waals surface area (Å²) in [4.78, 5) is 0. The SMILES string of the molecule is C.C#C[C@]1(O)CCC2C3CCC4=CCCCC4C3C(=C)C[C@@]21CC.CC[C@]12CCCC[C@@H]1CC[C@@H]2OC(C)(C)C.Cc1ccc(Br)c(/C=C\I)c1. The number of terminal acetylenes is 1. The first-order chi connectivity index (χ1) is 23.8. The Bertz CT molecular complexity index is 1450. The minimum absolute atomic E-state index is 0. The molecule has 1 aromatic carbocycles. The van der Waals surface area contributed by atoms with Crippen LogP contribution in [0, 0.1) is 59.7 Å². The number of aliphatic hydroxyl groups is 1. The summed E-state index contributed by atoms with van der Waals surface area (Å²) in [6, 6.07) is 6.31. The van der Waals surface area contributed by atoms with Crippen molar-refractivity contribution in [2.45, 2.75) is 169 Å². The van der Waals surface area contributed by atoms with Gasteiger partial charge in [-0.25, -0.2) is 0 Å². The monoisotopic (exact) mass is 872 g/mol. The van der Waals surface area contributed by atoms with Crippen molar-refractivity contribution < 1.29 is 9.84 Å². The van der Waals surface area contributed by atoms with Gasteiger partial charge in [-0.1, -0.05) is 120 Å². The molecule has 0 bridgehead atoms. The topological polar surface area (TPSA) is 29.5 Å². The van der Waals surface area contributed by atoms with Crippen LogP contribution in [0.4, 0.5) is 0 Å². The van der Waals surface area contributed by atoms with Gasteiger partial charge in [0, 0.05) is 9.89 Å². The average molecular weight is 874 g/mol. The van der Waals surface area contributed by atoms with Crippen LogP contribution in [0.1, 0.15) is 156 Å². The van der Waals surface area contributed by atoms with Crippen LogP contribution in [-0.4, -0.2) is 22.4 Å². The van der Waals surface area contributed by atoms with Gasteiger partial charge in [-0.05, 0) is 174 Å². The molecule has 51 heavy (non-hydrogen) atoms. The molecule has 5 fully saturated rings. The van der Waals surface area contributed by atoms with Gasteiger partial charge in [0.2, 0.25) is 0 Å². The Morgan fingerprint density at radius 1 is 1.06 bits per heavy atom.